The predicted molar refractivity (Wildman–Crippen MR) is 84.9 cm³/mol. The van der Waals surface area contributed by atoms with Crippen molar-refractivity contribution in [1.82, 2.24) is 4.98 Å². The molecule has 0 atom stereocenters. The van der Waals surface area contributed by atoms with E-state index < -0.39 is 0 Å². The number of hydrogen-bond acceptors (Lipinski definition) is 4. The topological polar surface area (TPSA) is 30.0 Å². The SMILES string of the molecule is O=C(c1ccc2ncccc2c1)c1cc2sccc2s1. The first-order valence-electron chi connectivity index (χ1n) is 6.18. The fraction of sp³-hybridized carbons (Fsp3) is 0. The highest BCUT2D eigenvalue weighted by molar-refractivity contribution is 7.28. The average molecular weight is 295 g/mol. The van der Waals surface area contributed by atoms with Crippen LogP contribution >= 0.6 is 22.7 Å². The molecule has 1 aromatic carbocycles. The molecule has 4 aromatic rings. The molecule has 96 valence electrons. The Hall–Kier alpha value is -2.04. The maximum absolute atomic E-state index is 12.6. The van der Waals surface area contributed by atoms with E-state index in [1.165, 1.54) is 9.40 Å². The quantitative estimate of drug-likeness (QED) is 0.500. The molecule has 0 unspecified atom stereocenters. The van der Waals surface area contributed by atoms with Crippen molar-refractivity contribution in [2.24, 2.45) is 0 Å². The normalized spacial score (nSPS) is 11.2. The molecule has 2 nitrogen and oxygen atoms in total. The van der Waals surface area contributed by atoms with Crippen molar-refractivity contribution in [3.8, 4) is 0 Å². The zero-order valence-electron chi connectivity index (χ0n) is 10.4. The number of carbonyl (C=O) groups is 1. The molecule has 0 aliphatic rings. The van der Waals surface area contributed by atoms with Crippen molar-refractivity contribution in [3.05, 3.63) is 64.5 Å². The summed E-state index contributed by atoms with van der Waals surface area (Å²) in [4.78, 5) is 17.6. The zero-order valence-corrected chi connectivity index (χ0v) is 12.0. The molecule has 0 spiro atoms. The van der Waals surface area contributed by atoms with Gasteiger partial charge in [0.15, 0.2) is 0 Å². The Balaban J connectivity index is 1.81. The molecule has 4 heteroatoms. The second-order valence-corrected chi connectivity index (χ2v) is 6.53. The molecule has 0 N–H and O–H groups in total. The zero-order chi connectivity index (χ0) is 13.5. The maximum atomic E-state index is 12.6. The van der Waals surface area contributed by atoms with E-state index in [4.69, 9.17) is 0 Å². The van der Waals surface area contributed by atoms with Crippen LogP contribution in [0.15, 0.2) is 54.0 Å². The van der Waals surface area contributed by atoms with Gasteiger partial charge < -0.3 is 0 Å². The number of aromatic nitrogens is 1. The van der Waals surface area contributed by atoms with Crippen molar-refractivity contribution in [3.63, 3.8) is 0 Å². The van der Waals surface area contributed by atoms with Gasteiger partial charge in [-0.2, -0.15) is 0 Å². The molecule has 0 bridgehead atoms. The van der Waals surface area contributed by atoms with Gasteiger partial charge in [-0.05, 0) is 41.8 Å². The van der Waals surface area contributed by atoms with Crippen molar-refractivity contribution in [1.29, 1.82) is 0 Å². The van der Waals surface area contributed by atoms with Crippen LogP contribution in [0.1, 0.15) is 15.2 Å². The van der Waals surface area contributed by atoms with E-state index in [9.17, 15) is 4.79 Å². The summed E-state index contributed by atoms with van der Waals surface area (Å²) in [5.41, 5.74) is 1.63. The second kappa shape index (κ2) is 4.51. The second-order valence-electron chi connectivity index (χ2n) is 4.50. The van der Waals surface area contributed by atoms with Crippen LogP contribution in [0.4, 0.5) is 0 Å². The third-order valence-corrected chi connectivity index (χ3v) is 5.32. The summed E-state index contributed by atoms with van der Waals surface area (Å²) in [5.74, 6) is 0.0872. The number of carbonyl (C=O) groups excluding carboxylic acids is 1. The Bertz CT molecular complexity index is 907. The van der Waals surface area contributed by atoms with E-state index in [2.05, 4.69) is 16.4 Å². The highest BCUT2D eigenvalue weighted by Crippen LogP contribution is 2.31. The molecule has 3 heterocycles. The molecule has 20 heavy (non-hydrogen) atoms. The molecule has 4 rings (SSSR count). The molecule has 0 saturated carbocycles. The lowest BCUT2D eigenvalue weighted by molar-refractivity contribution is 0.104. The van der Waals surface area contributed by atoms with Crippen molar-refractivity contribution < 1.29 is 4.79 Å². The van der Waals surface area contributed by atoms with Crippen molar-refractivity contribution in [2.75, 3.05) is 0 Å². The summed E-state index contributed by atoms with van der Waals surface area (Å²) in [7, 11) is 0. The number of hydrogen-bond donors (Lipinski definition) is 0. The minimum atomic E-state index is 0.0872. The number of fused-ring (bicyclic) bond motifs is 2. The van der Waals surface area contributed by atoms with Gasteiger partial charge in [0.25, 0.3) is 0 Å². The van der Waals surface area contributed by atoms with Crippen LogP contribution in [0.5, 0.6) is 0 Å². The lowest BCUT2D eigenvalue weighted by Gasteiger charge is -2.00. The Morgan fingerprint density at radius 1 is 1.05 bits per heavy atom. The van der Waals surface area contributed by atoms with E-state index in [1.54, 1.807) is 28.9 Å². The summed E-state index contributed by atoms with van der Waals surface area (Å²) in [5, 5.41) is 3.05. The molecule has 0 amide bonds. The van der Waals surface area contributed by atoms with Gasteiger partial charge in [-0.3, -0.25) is 9.78 Å². The minimum absolute atomic E-state index is 0.0872. The number of nitrogens with zero attached hydrogens (tertiary/aromatic N) is 1. The number of rotatable bonds is 2. The number of pyridine rings is 1. The lowest BCUT2D eigenvalue weighted by Crippen LogP contribution is -1.98. The Kier molecular flexibility index (Phi) is 2.65. The van der Waals surface area contributed by atoms with E-state index in [-0.39, 0.29) is 5.78 Å². The van der Waals surface area contributed by atoms with Gasteiger partial charge in [-0.25, -0.2) is 0 Å². The number of thiophene rings is 2. The molecular formula is C16H9NOS2. The lowest BCUT2D eigenvalue weighted by atomic mass is 10.1. The summed E-state index contributed by atoms with van der Waals surface area (Å²) in [6.45, 7) is 0. The van der Waals surface area contributed by atoms with E-state index in [1.807, 2.05) is 36.4 Å². The van der Waals surface area contributed by atoms with Crippen LogP contribution in [0, 0.1) is 0 Å². The van der Waals surface area contributed by atoms with Crippen molar-refractivity contribution in [2.45, 2.75) is 0 Å². The maximum Gasteiger partial charge on any atom is 0.203 e. The minimum Gasteiger partial charge on any atom is -0.288 e. The smallest absolute Gasteiger partial charge is 0.203 e. The van der Waals surface area contributed by atoms with Gasteiger partial charge in [-0.1, -0.05) is 6.07 Å². The average Bonchev–Trinajstić information content (AvgIpc) is 3.07. The fourth-order valence-corrected chi connectivity index (χ4v) is 4.31. The third kappa shape index (κ3) is 1.85. The molecule has 0 saturated heterocycles. The molecule has 0 aliphatic heterocycles. The molecule has 0 radical (unpaired) electrons. The van der Waals surface area contributed by atoms with Gasteiger partial charge in [0.05, 0.1) is 10.4 Å². The summed E-state index contributed by atoms with van der Waals surface area (Å²) >= 11 is 3.23. The standard InChI is InChI=1S/C16H9NOS2/c18-16(15-9-14-13(20-15)5-7-19-14)11-3-4-12-10(8-11)2-1-6-17-12/h1-9H. The van der Waals surface area contributed by atoms with Gasteiger partial charge in [0, 0.05) is 26.5 Å². The van der Waals surface area contributed by atoms with Crippen LogP contribution in [0.2, 0.25) is 0 Å². The highest BCUT2D eigenvalue weighted by Gasteiger charge is 2.13. The fourth-order valence-electron chi connectivity index (χ4n) is 2.24. The Morgan fingerprint density at radius 3 is 2.90 bits per heavy atom. The van der Waals surface area contributed by atoms with Gasteiger partial charge in [0.1, 0.15) is 0 Å². The predicted octanol–water partition coefficient (Wildman–Crippen LogP) is 4.74. The molecular weight excluding hydrogens is 286 g/mol. The van der Waals surface area contributed by atoms with Crippen LogP contribution in [0.3, 0.4) is 0 Å². The molecule has 3 aromatic heterocycles. The van der Waals surface area contributed by atoms with Crippen LogP contribution in [0.25, 0.3) is 20.3 Å². The van der Waals surface area contributed by atoms with Gasteiger partial charge in [0.2, 0.25) is 5.78 Å². The van der Waals surface area contributed by atoms with Crippen molar-refractivity contribution >= 4 is 48.8 Å². The van der Waals surface area contributed by atoms with E-state index >= 15 is 0 Å². The van der Waals surface area contributed by atoms with Crippen LogP contribution in [-0.4, -0.2) is 10.8 Å². The van der Waals surface area contributed by atoms with E-state index in [0.717, 1.165) is 21.3 Å². The van der Waals surface area contributed by atoms with Crippen LogP contribution in [-0.2, 0) is 0 Å². The third-order valence-electron chi connectivity index (χ3n) is 3.23. The number of ketones is 1. The van der Waals surface area contributed by atoms with Gasteiger partial charge >= 0.3 is 0 Å². The summed E-state index contributed by atoms with van der Waals surface area (Å²) in [6.07, 6.45) is 1.76. The first-order chi connectivity index (χ1) is 9.81. The monoisotopic (exact) mass is 295 g/mol. The largest absolute Gasteiger partial charge is 0.288 e. The molecule has 0 aliphatic carbocycles. The first-order valence-corrected chi connectivity index (χ1v) is 7.87. The van der Waals surface area contributed by atoms with Gasteiger partial charge in [-0.15, -0.1) is 22.7 Å². The first kappa shape index (κ1) is 11.8. The highest BCUT2D eigenvalue weighted by atomic mass is 32.1. The number of benzene rings is 1. The van der Waals surface area contributed by atoms with Crippen LogP contribution < -0.4 is 0 Å². The summed E-state index contributed by atoms with van der Waals surface area (Å²) in [6, 6.07) is 13.6. The van der Waals surface area contributed by atoms with E-state index in [0.29, 0.717) is 0 Å². The Morgan fingerprint density at radius 2 is 2.00 bits per heavy atom. The Labute approximate surface area is 123 Å². The summed E-state index contributed by atoms with van der Waals surface area (Å²) < 4.78 is 2.36. The molecule has 0 fully saturated rings.